The molecule has 2 unspecified atom stereocenters. The minimum Gasteiger partial charge on any atom is -0.357 e. The SMILES string of the molecule is CCNC(=NCC(c1cccs1)N1CCCC1)NC(C)CCCN(CC)CC. The molecule has 0 spiro atoms. The first kappa shape index (κ1) is 23.2. The van der Waals surface area contributed by atoms with E-state index in [1.165, 1.54) is 50.2 Å². The molecule has 0 aromatic carbocycles. The number of aliphatic imine (C=N–C) groups is 1. The van der Waals surface area contributed by atoms with E-state index in [2.05, 4.69) is 65.6 Å². The van der Waals surface area contributed by atoms with Crippen LogP contribution in [0.4, 0.5) is 0 Å². The second-order valence-corrected chi connectivity index (χ2v) is 8.69. The van der Waals surface area contributed by atoms with Gasteiger partial charge >= 0.3 is 0 Å². The lowest BCUT2D eigenvalue weighted by atomic mass is 10.2. The van der Waals surface area contributed by atoms with Crippen molar-refractivity contribution in [3.8, 4) is 0 Å². The summed E-state index contributed by atoms with van der Waals surface area (Å²) in [4.78, 5) is 11.5. The topological polar surface area (TPSA) is 42.9 Å². The molecule has 0 aliphatic carbocycles. The van der Waals surface area contributed by atoms with Gasteiger partial charge in [-0.05, 0) is 83.7 Å². The van der Waals surface area contributed by atoms with Gasteiger partial charge in [-0.3, -0.25) is 9.89 Å². The van der Waals surface area contributed by atoms with Gasteiger partial charge in [0.25, 0.3) is 0 Å². The summed E-state index contributed by atoms with van der Waals surface area (Å²) in [6, 6.07) is 5.27. The molecular formula is C22H41N5S. The molecule has 2 N–H and O–H groups in total. The zero-order valence-electron chi connectivity index (χ0n) is 18.4. The van der Waals surface area contributed by atoms with Crippen LogP contribution in [0.2, 0.25) is 0 Å². The van der Waals surface area contributed by atoms with Crippen molar-refractivity contribution < 1.29 is 0 Å². The van der Waals surface area contributed by atoms with Crippen LogP contribution in [0.15, 0.2) is 22.5 Å². The zero-order valence-corrected chi connectivity index (χ0v) is 19.2. The first-order chi connectivity index (χ1) is 13.7. The van der Waals surface area contributed by atoms with E-state index >= 15 is 0 Å². The maximum atomic E-state index is 4.98. The third-order valence-corrected chi connectivity index (χ3v) is 6.58. The normalized spacial score (nSPS) is 17.8. The molecule has 1 aliphatic rings. The molecule has 1 saturated heterocycles. The number of hydrogen-bond donors (Lipinski definition) is 2. The van der Waals surface area contributed by atoms with E-state index in [1.807, 2.05) is 11.3 Å². The van der Waals surface area contributed by atoms with Gasteiger partial charge in [-0.15, -0.1) is 11.3 Å². The molecule has 160 valence electrons. The van der Waals surface area contributed by atoms with Crippen molar-refractivity contribution >= 4 is 17.3 Å². The van der Waals surface area contributed by atoms with E-state index < -0.39 is 0 Å². The predicted octanol–water partition coefficient (Wildman–Crippen LogP) is 3.95. The quantitative estimate of drug-likeness (QED) is 0.407. The average Bonchev–Trinajstić information content (AvgIpc) is 3.40. The highest BCUT2D eigenvalue weighted by molar-refractivity contribution is 7.10. The monoisotopic (exact) mass is 407 g/mol. The summed E-state index contributed by atoms with van der Waals surface area (Å²) in [6.45, 7) is 16.5. The van der Waals surface area contributed by atoms with Gasteiger partial charge in [0.15, 0.2) is 5.96 Å². The fraction of sp³-hybridized carbons (Fsp3) is 0.773. The number of nitrogens with zero attached hydrogens (tertiary/aromatic N) is 3. The van der Waals surface area contributed by atoms with Crippen molar-refractivity contribution in [2.24, 2.45) is 4.99 Å². The molecule has 2 heterocycles. The minimum absolute atomic E-state index is 0.413. The lowest BCUT2D eigenvalue weighted by molar-refractivity contribution is 0.255. The summed E-state index contributed by atoms with van der Waals surface area (Å²) in [5, 5.41) is 9.25. The third kappa shape index (κ3) is 7.72. The minimum atomic E-state index is 0.413. The number of guanidine groups is 1. The standard InChI is InChI=1S/C22H41N5S/c1-5-23-22(25-19(4)12-10-14-26(6-2)7-3)24-18-20(21-13-11-17-28-21)27-15-8-9-16-27/h11,13,17,19-20H,5-10,12,14-16,18H2,1-4H3,(H2,23,24,25). The number of nitrogens with one attached hydrogen (secondary N) is 2. The highest BCUT2D eigenvalue weighted by Gasteiger charge is 2.24. The van der Waals surface area contributed by atoms with Crippen molar-refractivity contribution in [1.82, 2.24) is 20.4 Å². The maximum absolute atomic E-state index is 4.98. The first-order valence-corrected chi connectivity index (χ1v) is 12.1. The Hall–Kier alpha value is -1.11. The van der Waals surface area contributed by atoms with Crippen molar-refractivity contribution in [2.75, 3.05) is 45.8 Å². The molecule has 2 atom stereocenters. The Morgan fingerprint density at radius 2 is 2.00 bits per heavy atom. The van der Waals surface area contributed by atoms with E-state index in [1.54, 1.807) is 0 Å². The molecular weight excluding hydrogens is 366 g/mol. The Morgan fingerprint density at radius 3 is 2.61 bits per heavy atom. The molecule has 2 rings (SSSR count). The lowest BCUT2D eigenvalue weighted by Crippen LogP contribution is -2.43. The van der Waals surface area contributed by atoms with Crippen molar-refractivity contribution in [3.63, 3.8) is 0 Å². The van der Waals surface area contributed by atoms with E-state index in [9.17, 15) is 0 Å². The van der Waals surface area contributed by atoms with Gasteiger partial charge in [0, 0.05) is 17.5 Å². The van der Waals surface area contributed by atoms with Crippen LogP contribution >= 0.6 is 11.3 Å². The summed E-state index contributed by atoms with van der Waals surface area (Å²) in [6.07, 6.45) is 5.02. The molecule has 1 fully saturated rings. The molecule has 1 aliphatic heterocycles. The number of rotatable bonds is 12. The Kier molecular flexibility index (Phi) is 10.9. The molecule has 6 heteroatoms. The van der Waals surface area contributed by atoms with Crippen LogP contribution in [-0.2, 0) is 0 Å². The van der Waals surface area contributed by atoms with E-state index in [4.69, 9.17) is 4.99 Å². The van der Waals surface area contributed by atoms with Crippen LogP contribution in [-0.4, -0.2) is 67.6 Å². The lowest BCUT2D eigenvalue weighted by Gasteiger charge is -2.26. The van der Waals surface area contributed by atoms with Crippen LogP contribution in [0.25, 0.3) is 0 Å². The summed E-state index contributed by atoms with van der Waals surface area (Å²) < 4.78 is 0. The number of hydrogen-bond acceptors (Lipinski definition) is 4. The molecule has 0 radical (unpaired) electrons. The smallest absolute Gasteiger partial charge is 0.191 e. The predicted molar refractivity (Wildman–Crippen MR) is 123 cm³/mol. The van der Waals surface area contributed by atoms with E-state index in [0.29, 0.717) is 12.1 Å². The fourth-order valence-corrected chi connectivity index (χ4v) is 4.74. The number of thiophene rings is 1. The largest absolute Gasteiger partial charge is 0.357 e. The fourth-order valence-electron chi connectivity index (χ4n) is 3.88. The van der Waals surface area contributed by atoms with Gasteiger partial charge in [0.1, 0.15) is 0 Å². The molecule has 5 nitrogen and oxygen atoms in total. The Labute approximate surface area is 176 Å². The van der Waals surface area contributed by atoms with Crippen LogP contribution in [0.5, 0.6) is 0 Å². The van der Waals surface area contributed by atoms with E-state index in [-0.39, 0.29) is 0 Å². The maximum Gasteiger partial charge on any atom is 0.191 e. The molecule has 28 heavy (non-hydrogen) atoms. The summed E-state index contributed by atoms with van der Waals surface area (Å²) in [5.41, 5.74) is 0. The third-order valence-electron chi connectivity index (χ3n) is 5.61. The van der Waals surface area contributed by atoms with Gasteiger partial charge in [-0.25, -0.2) is 0 Å². The van der Waals surface area contributed by atoms with Gasteiger partial charge in [-0.2, -0.15) is 0 Å². The van der Waals surface area contributed by atoms with Gasteiger partial charge < -0.3 is 15.5 Å². The van der Waals surface area contributed by atoms with Gasteiger partial charge in [0.05, 0.1) is 12.6 Å². The summed E-state index contributed by atoms with van der Waals surface area (Å²) in [5.74, 6) is 0.957. The average molecular weight is 408 g/mol. The molecule has 1 aromatic rings. The Bertz CT molecular complexity index is 535. The van der Waals surface area contributed by atoms with Gasteiger partial charge in [0.2, 0.25) is 0 Å². The highest BCUT2D eigenvalue weighted by Crippen LogP contribution is 2.28. The summed E-state index contributed by atoms with van der Waals surface area (Å²) >= 11 is 1.86. The highest BCUT2D eigenvalue weighted by atomic mass is 32.1. The van der Waals surface area contributed by atoms with Crippen LogP contribution in [0, 0.1) is 0 Å². The Morgan fingerprint density at radius 1 is 1.25 bits per heavy atom. The first-order valence-electron chi connectivity index (χ1n) is 11.2. The summed E-state index contributed by atoms with van der Waals surface area (Å²) in [7, 11) is 0. The molecule has 0 saturated carbocycles. The van der Waals surface area contributed by atoms with Crippen molar-refractivity contribution in [1.29, 1.82) is 0 Å². The second kappa shape index (κ2) is 13.2. The molecule has 0 amide bonds. The molecule has 1 aromatic heterocycles. The van der Waals surface area contributed by atoms with Gasteiger partial charge in [-0.1, -0.05) is 19.9 Å². The van der Waals surface area contributed by atoms with Crippen LogP contribution < -0.4 is 10.6 Å². The number of likely N-dealkylation sites (tertiary alicyclic amines) is 1. The second-order valence-electron chi connectivity index (χ2n) is 7.71. The van der Waals surface area contributed by atoms with E-state index in [0.717, 1.165) is 32.1 Å². The molecule has 0 bridgehead atoms. The Balaban J connectivity index is 1.90. The van der Waals surface area contributed by atoms with Crippen LogP contribution in [0.1, 0.15) is 64.3 Å². The zero-order chi connectivity index (χ0) is 20.2. The van der Waals surface area contributed by atoms with Crippen molar-refractivity contribution in [2.45, 2.75) is 65.5 Å². The van der Waals surface area contributed by atoms with Crippen molar-refractivity contribution in [3.05, 3.63) is 22.4 Å². The van der Waals surface area contributed by atoms with Crippen LogP contribution in [0.3, 0.4) is 0 Å².